The van der Waals surface area contributed by atoms with E-state index in [2.05, 4.69) is 21.4 Å². The molecule has 2 atom stereocenters. The van der Waals surface area contributed by atoms with Crippen LogP contribution in [0.2, 0.25) is 0 Å². The van der Waals surface area contributed by atoms with Gasteiger partial charge in [0.1, 0.15) is 6.04 Å². The molecule has 5 nitrogen and oxygen atoms in total. The van der Waals surface area contributed by atoms with Crippen LogP contribution >= 0.6 is 12.4 Å². The third-order valence-electron chi connectivity index (χ3n) is 3.61. The van der Waals surface area contributed by atoms with E-state index in [1.807, 2.05) is 25.1 Å². The number of hydrogen-bond donors (Lipinski definition) is 2. The Balaban J connectivity index is 0.00000220. The molecule has 116 valence electrons. The number of carbonyl (C=O) groups is 2. The Hall–Kier alpha value is -1.59. The van der Waals surface area contributed by atoms with Crippen LogP contribution in [-0.4, -0.2) is 31.1 Å². The molecule has 0 aliphatic carbocycles. The maximum absolute atomic E-state index is 12.2. The van der Waals surface area contributed by atoms with Crippen molar-refractivity contribution in [2.45, 2.75) is 38.4 Å². The summed E-state index contributed by atoms with van der Waals surface area (Å²) in [5.74, 6) is -0.561. The molecule has 1 aromatic rings. The van der Waals surface area contributed by atoms with Crippen molar-refractivity contribution in [3.8, 4) is 0 Å². The molecule has 0 saturated heterocycles. The Morgan fingerprint density at radius 3 is 2.67 bits per heavy atom. The zero-order valence-electron chi connectivity index (χ0n) is 12.2. The molecule has 1 aliphatic rings. The zero-order chi connectivity index (χ0) is 14.5. The second-order valence-electron chi connectivity index (χ2n) is 4.90. The molecular formula is C15H21ClN2O3. The summed E-state index contributed by atoms with van der Waals surface area (Å²) in [6, 6.07) is 7.18. The molecule has 1 amide bonds. The number of esters is 1. The summed E-state index contributed by atoms with van der Waals surface area (Å²) < 4.78 is 4.67. The number of methoxy groups -OCH3 is 1. The molecule has 0 spiro atoms. The minimum atomic E-state index is -0.577. The fourth-order valence-electron chi connectivity index (χ4n) is 2.38. The van der Waals surface area contributed by atoms with E-state index < -0.39 is 12.0 Å². The standard InChI is InChI=1S/C15H20N2O3.ClH/c1-3-12(15(19)20-2)17-14(18)13-8-10-6-4-5-7-11(10)9-16-13;/h4-7,12-13,16H,3,8-9H2,1-2H3,(H,17,18);1H. The van der Waals surface area contributed by atoms with Crippen LogP contribution in [0.15, 0.2) is 24.3 Å². The first-order valence-electron chi connectivity index (χ1n) is 6.84. The Morgan fingerprint density at radius 1 is 1.38 bits per heavy atom. The highest BCUT2D eigenvalue weighted by Gasteiger charge is 2.27. The van der Waals surface area contributed by atoms with Crippen LogP contribution in [0, 0.1) is 0 Å². The van der Waals surface area contributed by atoms with E-state index in [9.17, 15) is 9.59 Å². The lowest BCUT2D eigenvalue weighted by atomic mass is 9.95. The molecule has 1 heterocycles. The van der Waals surface area contributed by atoms with Gasteiger partial charge in [-0.05, 0) is 24.0 Å². The van der Waals surface area contributed by atoms with Gasteiger partial charge < -0.3 is 15.4 Å². The monoisotopic (exact) mass is 312 g/mol. The smallest absolute Gasteiger partial charge is 0.328 e. The number of halogens is 1. The second-order valence-corrected chi connectivity index (χ2v) is 4.90. The molecule has 0 fully saturated rings. The van der Waals surface area contributed by atoms with Crippen LogP contribution < -0.4 is 10.6 Å². The van der Waals surface area contributed by atoms with Gasteiger partial charge in [-0.25, -0.2) is 4.79 Å². The van der Waals surface area contributed by atoms with Gasteiger partial charge in [0, 0.05) is 6.54 Å². The molecule has 21 heavy (non-hydrogen) atoms. The number of ether oxygens (including phenoxy) is 1. The minimum absolute atomic E-state index is 0. The highest BCUT2D eigenvalue weighted by atomic mass is 35.5. The van der Waals surface area contributed by atoms with E-state index in [0.29, 0.717) is 19.4 Å². The summed E-state index contributed by atoms with van der Waals surface area (Å²) >= 11 is 0. The number of benzene rings is 1. The minimum Gasteiger partial charge on any atom is -0.467 e. The number of carbonyl (C=O) groups excluding carboxylic acids is 2. The fraction of sp³-hybridized carbons (Fsp3) is 0.467. The summed E-state index contributed by atoms with van der Waals surface area (Å²) in [7, 11) is 1.33. The van der Waals surface area contributed by atoms with Gasteiger partial charge in [-0.3, -0.25) is 4.79 Å². The molecule has 2 rings (SSSR count). The highest BCUT2D eigenvalue weighted by Crippen LogP contribution is 2.16. The van der Waals surface area contributed by atoms with Gasteiger partial charge in [-0.15, -0.1) is 12.4 Å². The van der Waals surface area contributed by atoms with Gasteiger partial charge >= 0.3 is 5.97 Å². The van der Waals surface area contributed by atoms with Gasteiger partial charge in [0.25, 0.3) is 0 Å². The van der Waals surface area contributed by atoms with Crippen molar-refractivity contribution in [1.82, 2.24) is 10.6 Å². The first kappa shape index (κ1) is 17.5. The molecule has 0 aromatic heterocycles. The van der Waals surface area contributed by atoms with Gasteiger partial charge in [0.15, 0.2) is 0 Å². The molecule has 0 bridgehead atoms. The average Bonchev–Trinajstić information content (AvgIpc) is 2.51. The van der Waals surface area contributed by atoms with Crippen molar-refractivity contribution in [2.24, 2.45) is 0 Å². The van der Waals surface area contributed by atoms with Crippen molar-refractivity contribution >= 4 is 24.3 Å². The molecule has 2 N–H and O–H groups in total. The number of hydrogen-bond acceptors (Lipinski definition) is 4. The molecule has 0 saturated carbocycles. The molecule has 0 radical (unpaired) electrons. The molecule has 1 aliphatic heterocycles. The Morgan fingerprint density at radius 2 is 2.05 bits per heavy atom. The first-order chi connectivity index (χ1) is 9.65. The average molecular weight is 313 g/mol. The van der Waals surface area contributed by atoms with Gasteiger partial charge in [0.2, 0.25) is 5.91 Å². The summed E-state index contributed by atoms with van der Waals surface area (Å²) in [4.78, 5) is 23.7. The van der Waals surface area contributed by atoms with Crippen LogP contribution in [0.3, 0.4) is 0 Å². The topological polar surface area (TPSA) is 67.4 Å². The summed E-state index contributed by atoms with van der Waals surface area (Å²) in [5.41, 5.74) is 2.40. The number of nitrogens with one attached hydrogen (secondary N) is 2. The second kappa shape index (κ2) is 8.00. The van der Waals surface area contributed by atoms with Crippen molar-refractivity contribution in [3.05, 3.63) is 35.4 Å². The normalized spacial score (nSPS) is 17.9. The van der Waals surface area contributed by atoms with Crippen molar-refractivity contribution in [3.63, 3.8) is 0 Å². The fourth-order valence-corrected chi connectivity index (χ4v) is 2.38. The van der Waals surface area contributed by atoms with Crippen LogP contribution in [0.25, 0.3) is 0 Å². The predicted octanol–water partition coefficient (Wildman–Crippen LogP) is 1.19. The summed E-state index contributed by atoms with van der Waals surface area (Å²) in [5, 5.41) is 5.94. The van der Waals surface area contributed by atoms with Gasteiger partial charge in [0.05, 0.1) is 13.2 Å². The quantitative estimate of drug-likeness (QED) is 0.820. The Bertz CT molecular complexity index is 507. The van der Waals surface area contributed by atoms with E-state index >= 15 is 0 Å². The molecule has 2 unspecified atom stereocenters. The van der Waals surface area contributed by atoms with E-state index in [1.165, 1.54) is 18.2 Å². The number of fused-ring (bicyclic) bond motifs is 1. The number of rotatable bonds is 4. The van der Waals surface area contributed by atoms with E-state index in [4.69, 9.17) is 0 Å². The van der Waals surface area contributed by atoms with Crippen LogP contribution in [0.5, 0.6) is 0 Å². The van der Waals surface area contributed by atoms with Gasteiger partial charge in [-0.1, -0.05) is 31.2 Å². The maximum atomic E-state index is 12.2. The lowest BCUT2D eigenvalue weighted by Gasteiger charge is -2.26. The maximum Gasteiger partial charge on any atom is 0.328 e. The van der Waals surface area contributed by atoms with Crippen LogP contribution in [0.4, 0.5) is 0 Å². The van der Waals surface area contributed by atoms with Crippen LogP contribution in [0.1, 0.15) is 24.5 Å². The lowest BCUT2D eigenvalue weighted by molar-refractivity contribution is -0.145. The summed E-state index contributed by atoms with van der Waals surface area (Å²) in [6.07, 6.45) is 1.15. The van der Waals surface area contributed by atoms with Gasteiger partial charge in [-0.2, -0.15) is 0 Å². The Kier molecular flexibility index (Phi) is 6.65. The summed E-state index contributed by atoms with van der Waals surface area (Å²) in [6.45, 7) is 2.51. The lowest BCUT2D eigenvalue weighted by Crippen LogP contribution is -2.52. The zero-order valence-corrected chi connectivity index (χ0v) is 13.0. The van der Waals surface area contributed by atoms with Crippen molar-refractivity contribution < 1.29 is 14.3 Å². The third-order valence-corrected chi connectivity index (χ3v) is 3.61. The number of amides is 1. The predicted molar refractivity (Wildman–Crippen MR) is 82.3 cm³/mol. The molecular weight excluding hydrogens is 292 g/mol. The molecule has 6 heteroatoms. The van der Waals surface area contributed by atoms with E-state index in [-0.39, 0.29) is 24.4 Å². The first-order valence-corrected chi connectivity index (χ1v) is 6.84. The van der Waals surface area contributed by atoms with Crippen LogP contribution in [-0.2, 0) is 27.3 Å². The van der Waals surface area contributed by atoms with E-state index in [0.717, 1.165) is 0 Å². The van der Waals surface area contributed by atoms with E-state index in [1.54, 1.807) is 0 Å². The Labute approximate surface area is 130 Å². The SMILES string of the molecule is CCC(NC(=O)C1Cc2ccccc2CN1)C(=O)OC.Cl. The van der Waals surface area contributed by atoms with Crippen molar-refractivity contribution in [1.29, 1.82) is 0 Å². The largest absolute Gasteiger partial charge is 0.467 e. The molecule has 1 aromatic carbocycles. The highest BCUT2D eigenvalue weighted by molar-refractivity contribution is 5.87. The third kappa shape index (κ3) is 4.19. The van der Waals surface area contributed by atoms with Crippen molar-refractivity contribution in [2.75, 3.05) is 7.11 Å².